The number of non-ortho nitro benzene ring substituents is 1. The molecule has 0 radical (unpaired) electrons. The number of nitrogens with one attached hydrogen (secondary N) is 1. The summed E-state index contributed by atoms with van der Waals surface area (Å²) < 4.78 is 5.16. The first-order chi connectivity index (χ1) is 8.42. The second-order valence-electron chi connectivity index (χ2n) is 4.05. The van der Waals surface area contributed by atoms with Crippen LogP contribution in [0.4, 0.5) is 11.4 Å². The van der Waals surface area contributed by atoms with Crippen molar-refractivity contribution in [3.8, 4) is 0 Å². The molecule has 98 valence electrons. The van der Waals surface area contributed by atoms with E-state index in [0.29, 0.717) is 12.1 Å². The molecule has 1 rings (SSSR count). The summed E-state index contributed by atoms with van der Waals surface area (Å²) in [5, 5.41) is 13.1. The van der Waals surface area contributed by atoms with Gasteiger partial charge in [-0.15, -0.1) is 0 Å². The number of nitro benzene ring substituents is 1. The van der Waals surface area contributed by atoms with Gasteiger partial charge in [-0.3, -0.25) is 14.9 Å². The zero-order valence-corrected chi connectivity index (χ0v) is 10.6. The lowest BCUT2D eigenvalue weighted by Gasteiger charge is -2.25. The average molecular weight is 252 g/mol. The molecular weight excluding hydrogens is 236 g/mol. The largest absolute Gasteiger partial charge is 0.369 e. The SMILES string of the molecule is CCC(C)(OC)C(=O)Nc1ccc([N+](=O)[O-])cc1. The number of amides is 1. The van der Waals surface area contributed by atoms with Gasteiger partial charge in [0, 0.05) is 24.9 Å². The van der Waals surface area contributed by atoms with Crippen molar-refractivity contribution in [2.75, 3.05) is 12.4 Å². The van der Waals surface area contributed by atoms with Crippen LogP contribution in [0, 0.1) is 10.1 Å². The maximum absolute atomic E-state index is 11.9. The van der Waals surface area contributed by atoms with Gasteiger partial charge in [-0.25, -0.2) is 0 Å². The van der Waals surface area contributed by atoms with E-state index in [1.54, 1.807) is 6.92 Å². The van der Waals surface area contributed by atoms with Crippen LogP contribution in [0.5, 0.6) is 0 Å². The van der Waals surface area contributed by atoms with E-state index in [9.17, 15) is 14.9 Å². The van der Waals surface area contributed by atoms with Gasteiger partial charge in [-0.2, -0.15) is 0 Å². The van der Waals surface area contributed by atoms with Crippen molar-refractivity contribution in [2.24, 2.45) is 0 Å². The smallest absolute Gasteiger partial charge is 0.269 e. The summed E-state index contributed by atoms with van der Waals surface area (Å²) in [6.45, 7) is 3.53. The number of nitro groups is 1. The van der Waals surface area contributed by atoms with E-state index in [2.05, 4.69) is 5.32 Å². The predicted molar refractivity (Wildman–Crippen MR) is 67.4 cm³/mol. The normalized spacial score (nSPS) is 13.7. The number of carbonyl (C=O) groups is 1. The van der Waals surface area contributed by atoms with Crippen molar-refractivity contribution in [3.05, 3.63) is 34.4 Å². The second kappa shape index (κ2) is 5.59. The fraction of sp³-hybridized carbons (Fsp3) is 0.417. The third-order valence-corrected chi connectivity index (χ3v) is 2.94. The molecule has 0 heterocycles. The minimum atomic E-state index is -0.901. The van der Waals surface area contributed by atoms with Gasteiger partial charge in [0.05, 0.1) is 4.92 Å². The van der Waals surface area contributed by atoms with Crippen molar-refractivity contribution in [1.82, 2.24) is 0 Å². The molecule has 0 saturated carbocycles. The first-order valence-electron chi connectivity index (χ1n) is 5.54. The number of anilines is 1. The van der Waals surface area contributed by atoms with E-state index < -0.39 is 10.5 Å². The Morgan fingerprint density at radius 3 is 2.39 bits per heavy atom. The lowest BCUT2D eigenvalue weighted by molar-refractivity contribution is -0.384. The van der Waals surface area contributed by atoms with Crippen LogP contribution in [0.25, 0.3) is 0 Å². The number of nitrogens with zero attached hydrogens (tertiary/aromatic N) is 1. The minimum absolute atomic E-state index is 0.0157. The molecule has 0 fully saturated rings. The molecule has 0 spiro atoms. The maximum Gasteiger partial charge on any atom is 0.269 e. The summed E-state index contributed by atoms with van der Waals surface area (Å²) in [7, 11) is 1.47. The van der Waals surface area contributed by atoms with Crippen LogP contribution in [0.1, 0.15) is 20.3 Å². The highest BCUT2D eigenvalue weighted by atomic mass is 16.6. The molecule has 6 nitrogen and oxygen atoms in total. The third kappa shape index (κ3) is 3.04. The van der Waals surface area contributed by atoms with Crippen molar-refractivity contribution >= 4 is 17.3 Å². The Balaban J connectivity index is 2.79. The second-order valence-corrected chi connectivity index (χ2v) is 4.05. The summed E-state index contributed by atoms with van der Waals surface area (Å²) in [4.78, 5) is 21.9. The van der Waals surface area contributed by atoms with Crippen LogP contribution in [0.3, 0.4) is 0 Å². The Hall–Kier alpha value is -1.95. The highest BCUT2D eigenvalue weighted by Gasteiger charge is 2.30. The highest BCUT2D eigenvalue weighted by molar-refractivity contribution is 5.97. The molecular formula is C12H16N2O4. The molecule has 18 heavy (non-hydrogen) atoms. The third-order valence-electron chi connectivity index (χ3n) is 2.94. The van der Waals surface area contributed by atoms with Crippen LogP contribution in [0.15, 0.2) is 24.3 Å². The van der Waals surface area contributed by atoms with E-state index in [-0.39, 0.29) is 11.6 Å². The zero-order valence-electron chi connectivity index (χ0n) is 10.6. The lowest BCUT2D eigenvalue weighted by Crippen LogP contribution is -2.41. The molecule has 1 atom stereocenters. The molecule has 1 unspecified atom stereocenters. The molecule has 1 aromatic carbocycles. The van der Waals surface area contributed by atoms with Gasteiger partial charge < -0.3 is 10.1 Å². The van der Waals surface area contributed by atoms with Gasteiger partial charge in [0.25, 0.3) is 11.6 Å². The Morgan fingerprint density at radius 1 is 1.44 bits per heavy atom. The van der Waals surface area contributed by atoms with Crippen molar-refractivity contribution < 1.29 is 14.5 Å². The van der Waals surface area contributed by atoms with E-state index >= 15 is 0 Å². The highest BCUT2D eigenvalue weighted by Crippen LogP contribution is 2.19. The summed E-state index contributed by atoms with van der Waals surface area (Å²) in [5.41, 5.74) is -0.415. The van der Waals surface area contributed by atoms with E-state index in [1.165, 1.54) is 31.4 Å². The van der Waals surface area contributed by atoms with Gasteiger partial charge >= 0.3 is 0 Å². The van der Waals surface area contributed by atoms with Crippen LogP contribution in [0.2, 0.25) is 0 Å². The molecule has 1 N–H and O–H groups in total. The van der Waals surface area contributed by atoms with Crippen molar-refractivity contribution in [3.63, 3.8) is 0 Å². The quantitative estimate of drug-likeness (QED) is 0.644. The molecule has 0 aliphatic heterocycles. The number of benzene rings is 1. The number of rotatable bonds is 5. The monoisotopic (exact) mass is 252 g/mol. The Bertz CT molecular complexity index is 438. The Kier molecular flexibility index (Phi) is 4.38. The molecule has 6 heteroatoms. The molecule has 1 amide bonds. The summed E-state index contributed by atoms with van der Waals surface area (Å²) in [6.07, 6.45) is 0.530. The van der Waals surface area contributed by atoms with E-state index in [1.807, 2.05) is 6.92 Å². The van der Waals surface area contributed by atoms with Gasteiger partial charge in [0.15, 0.2) is 0 Å². The molecule has 0 bridgehead atoms. The Labute approximate surface area is 105 Å². The maximum atomic E-state index is 11.9. The number of methoxy groups -OCH3 is 1. The molecule has 0 aliphatic rings. The van der Waals surface area contributed by atoms with Crippen LogP contribution in [-0.2, 0) is 9.53 Å². The predicted octanol–water partition coefficient (Wildman–Crippen LogP) is 2.35. The van der Waals surface area contributed by atoms with Crippen LogP contribution < -0.4 is 5.32 Å². The standard InChI is InChI=1S/C12H16N2O4/c1-4-12(2,18-3)11(15)13-9-5-7-10(8-6-9)14(16)17/h5-8H,4H2,1-3H3,(H,13,15). The summed E-state index contributed by atoms with van der Waals surface area (Å²) in [5.74, 6) is -0.277. The summed E-state index contributed by atoms with van der Waals surface area (Å²) in [6, 6.07) is 5.65. The summed E-state index contributed by atoms with van der Waals surface area (Å²) >= 11 is 0. The van der Waals surface area contributed by atoms with Gasteiger partial charge in [0.2, 0.25) is 0 Å². The van der Waals surface area contributed by atoms with E-state index in [4.69, 9.17) is 4.74 Å². The van der Waals surface area contributed by atoms with Crippen LogP contribution >= 0.6 is 0 Å². The zero-order chi connectivity index (χ0) is 13.8. The molecule has 0 aromatic heterocycles. The number of ether oxygens (including phenoxy) is 1. The fourth-order valence-corrected chi connectivity index (χ4v) is 1.33. The first kappa shape index (κ1) is 14.1. The number of carbonyl (C=O) groups excluding carboxylic acids is 1. The van der Waals surface area contributed by atoms with Crippen molar-refractivity contribution in [2.45, 2.75) is 25.9 Å². The van der Waals surface area contributed by atoms with Gasteiger partial charge in [0.1, 0.15) is 5.60 Å². The van der Waals surface area contributed by atoms with E-state index in [0.717, 1.165) is 0 Å². The van der Waals surface area contributed by atoms with Crippen molar-refractivity contribution in [1.29, 1.82) is 0 Å². The molecule has 0 aliphatic carbocycles. The molecule has 0 saturated heterocycles. The fourth-order valence-electron chi connectivity index (χ4n) is 1.33. The lowest BCUT2D eigenvalue weighted by atomic mass is 10.0. The molecule has 1 aromatic rings. The minimum Gasteiger partial charge on any atom is -0.369 e. The first-order valence-corrected chi connectivity index (χ1v) is 5.54. The van der Waals surface area contributed by atoms with Gasteiger partial charge in [-0.1, -0.05) is 6.92 Å². The topological polar surface area (TPSA) is 81.5 Å². The van der Waals surface area contributed by atoms with Crippen LogP contribution in [-0.4, -0.2) is 23.5 Å². The van der Waals surface area contributed by atoms with Gasteiger partial charge in [-0.05, 0) is 25.5 Å². The average Bonchev–Trinajstić information content (AvgIpc) is 2.38. The number of hydrogen-bond acceptors (Lipinski definition) is 4. The Morgan fingerprint density at radius 2 is 2.00 bits per heavy atom. The number of hydrogen-bond donors (Lipinski definition) is 1.